The second kappa shape index (κ2) is 9.48. The van der Waals surface area contributed by atoms with Gasteiger partial charge in [-0.15, -0.1) is 10.2 Å². The number of nitrogens with zero attached hydrogens (tertiary/aromatic N) is 4. The molecule has 0 spiro atoms. The van der Waals surface area contributed by atoms with Gasteiger partial charge in [0.1, 0.15) is 0 Å². The number of ether oxygens (including phenoxy) is 1. The number of carbonyl (C=O) groups excluding carboxylic acids is 1. The van der Waals surface area contributed by atoms with Crippen molar-refractivity contribution in [3.05, 3.63) is 28.2 Å². The Morgan fingerprint density at radius 2 is 1.93 bits per heavy atom. The van der Waals surface area contributed by atoms with Crippen LogP contribution in [0.3, 0.4) is 0 Å². The Morgan fingerprint density at radius 1 is 1.21 bits per heavy atom. The fourth-order valence-corrected chi connectivity index (χ4v) is 4.46. The van der Waals surface area contributed by atoms with E-state index in [0.29, 0.717) is 53.2 Å². The highest BCUT2D eigenvalue weighted by Crippen LogP contribution is 2.33. The van der Waals surface area contributed by atoms with E-state index in [2.05, 4.69) is 24.0 Å². The Morgan fingerprint density at radius 3 is 2.57 bits per heavy atom. The Balaban J connectivity index is 1.86. The molecule has 0 saturated carbocycles. The van der Waals surface area contributed by atoms with Gasteiger partial charge in [-0.25, -0.2) is 0 Å². The molecule has 1 saturated heterocycles. The lowest BCUT2D eigenvalue weighted by molar-refractivity contribution is -0.134. The molecule has 152 valence electrons. The quantitative estimate of drug-likeness (QED) is 0.625. The smallest absolute Gasteiger partial charge is 0.236 e. The molecular weight excluding hydrogens is 419 g/mol. The summed E-state index contributed by atoms with van der Waals surface area (Å²) in [5.74, 6) is 1.16. The molecule has 1 aliphatic rings. The minimum atomic E-state index is -0.262. The average molecular weight is 443 g/mol. The van der Waals surface area contributed by atoms with Gasteiger partial charge < -0.3 is 14.2 Å². The van der Waals surface area contributed by atoms with Gasteiger partial charge in [0.15, 0.2) is 11.0 Å². The number of amides is 1. The number of hydrogen-bond acceptors (Lipinski definition) is 5. The number of carbonyl (C=O) groups is 1. The molecule has 1 aromatic carbocycles. The topological polar surface area (TPSA) is 60.2 Å². The molecule has 2 heterocycles. The van der Waals surface area contributed by atoms with Crippen molar-refractivity contribution in [1.82, 2.24) is 19.7 Å². The molecule has 0 bridgehead atoms. The predicted molar refractivity (Wildman–Crippen MR) is 113 cm³/mol. The molecule has 3 rings (SSSR count). The van der Waals surface area contributed by atoms with Crippen LogP contribution in [0.2, 0.25) is 10.0 Å². The normalized spacial score (nSPS) is 15.9. The number of rotatable bonds is 6. The first-order valence-corrected chi connectivity index (χ1v) is 10.9. The third-order valence-electron chi connectivity index (χ3n) is 4.39. The molecule has 1 atom stereocenters. The van der Waals surface area contributed by atoms with Gasteiger partial charge in [-0.05, 0) is 31.0 Å². The zero-order valence-electron chi connectivity index (χ0n) is 16.2. The standard InChI is InChI=1S/C19H24Cl2N4O2S/c1-12(2)11-25-17(15-5-4-14(20)10-16(15)21)22-23-19(25)28-13(3)18(26)24-6-8-27-9-7-24/h4-5,10,12-13H,6-9,11H2,1-3H3. The van der Waals surface area contributed by atoms with Crippen LogP contribution < -0.4 is 0 Å². The summed E-state index contributed by atoms with van der Waals surface area (Å²) in [4.78, 5) is 14.6. The van der Waals surface area contributed by atoms with Gasteiger partial charge >= 0.3 is 0 Å². The summed E-state index contributed by atoms with van der Waals surface area (Å²) in [6.07, 6.45) is 0. The second-order valence-electron chi connectivity index (χ2n) is 7.13. The number of aromatic nitrogens is 3. The maximum absolute atomic E-state index is 12.8. The molecule has 1 amide bonds. The lowest BCUT2D eigenvalue weighted by atomic mass is 10.2. The van der Waals surface area contributed by atoms with Crippen LogP contribution in [0.1, 0.15) is 20.8 Å². The summed E-state index contributed by atoms with van der Waals surface area (Å²) in [5.41, 5.74) is 0.776. The monoisotopic (exact) mass is 442 g/mol. The van der Waals surface area contributed by atoms with Crippen LogP contribution in [0.25, 0.3) is 11.4 Å². The third kappa shape index (κ3) is 5.00. The van der Waals surface area contributed by atoms with Crippen molar-refractivity contribution in [2.75, 3.05) is 26.3 Å². The largest absolute Gasteiger partial charge is 0.378 e. The van der Waals surface area contributed by atoms with Crippen molar-refractivity contribution < 1.29 is 9.53 Å². The van der Waals surface area contributed by atoms with Crippen LogP contribution in [0.5, 0.6) is 0 Å². The third-order valence-corrected chi connectivity index (χ3v) is 6.01. The first-order valence-electron chi connectivity index (χ1n) is 9.28. The van der Waals surface area contributed by atoms with Crippen molar-refractivity contribution in [2.45, 2.75) is 37.7 Å². The molecule has 1 aliphatic heterocycles. The van der Waals surface area contributed by atoms with Crippen molar-refractivity contribution in [3.63, 3.8) is 0 Å². The molecular formula is C19H24Cl2N4O2S. The Bertz CT molecular complexity index is 837. The molecule has 28 heavy (non-hydrogen) atoms. The fraction of sp³-hybridized carbons (Fsp3) is 0.526. The lowest BCUT2D eigenvalue weighted by Crippen LogP contribution is -2.44. The van der Waals surface area contributed by atoms with Gasteiger partial charge in [0.05, 0.1) is 23.5 Å². The summed E-state index contributed by atoms with van der Waals surface area (Å²) in [6.45, 7) is 9.34. The average Bonchev–Trinajstić information content (AvgIpc) is 3.03. The van der Waals surface area contributed by atoms with Crippen molar-refractivity contribution in [3.8, 4) is 11.4 Å². The molecule has 0 N–H and O–H groups in total. The molecule has 1 unspecified atom stereocenters. The number of thioether (sulfide) groups is 1. The highest BCUT2D eigenvalue weighted by molar-refractivity contribution is 8.00. The molecule has 1 aromatic heterocycles. The van der Waals surface area contributed by atoms with E-state index in [0.717, 1.165) is 12.1 Å². The Labute approximate surface area is 179 Å². The fourth-order valence-electron chi connectivity index (χ4n) is 3.03. The van der Waals surface area contributed by atoms with Gasteiger partial charge in [-0.3, -0.25) is 4.79 Å². The van der Waals surface area contributed by atoms with Gasteiger partial charge in [-0.1, -0.05) is 48.8 Å². The van der Waals surface area contributed by atoms with E-state index in [1.165, 1.54) is 11.8 Å². The summed E-state index contributed by atoms with van der Waals surface area (Å²) in [5, 5.41) is 10.3. The van der Waals surface area contributed by atoms with Crippen molar-refractivity contribution >= 4 is 40.9 Å². The van der Waals surface area contributed by atoms with Gasteiger partial charge in [0, 0.05) is 30.2 Å². The second-order valence-corrected chi connectivity index (χ2v) is 9.28. The van der Waals surface area contributed by atoms with Gasteiger partial charge in [0.2, 0.25) is 5.91 Å². The summed E-state index contributed by atoms with van der Waals surface area (Å²) >= 11 is 13.9. The summed E-state index contributed by atoms with van der Waals surface area (Å²) < 4.78 is 7.37. The van der Waals surface area contributed by atoms with Gasteiger partial charge in [-0.2, -0.15) is 0 Å². The van der Waals surface area contributed by atoms with Crippen molar-refractivity contribution in [1.29, 1.82) is 0 Å². The van der Waals surface area contributed by atoms with E-state index in [1.807, 2.05) is 22.5 Å². The molecule has 0 radical (unpaired) electrons. The molecule has 9 heteroatoms. The molecule has 0 aliphatic carbocycles. The SMILES string of the molecule is CC(C)Cn1c(SC(C)C(=O)N2CCOCC2)nnc1-c1ccc(Cl)cc1Cl. The van der Waals surface area contributed by atoms with E-state index in [9.17, 15) is 4.79 Å². The van der Waals surface area contributed by atoms with Crippen molar-refractivity contribution in [2.24, 2.45) is 5.92 Å². The molecule has 6 nitrogen and oxygen atoms in total. The lowest BCUT2D eigenvalue weighted by Gasteiger charge is -2.29. The number of morpholine rings is 1. The maximum Gasteiger partial charge on any atom is 0.236 e. The Hall–Kier alpha value is -1.28. The van der Waals surface area contributed by atoms with E-state index in [4.69, 9.17) is 27.9 Å². The number of halogens is 2. The zero-order chi connectivity index (χ0) is 20.3. The van der Waals surface area contributed by atoms with E-state index in [1.54, 1.807) is 12.1 Å². The highest BCUT2D eigenvalue weighted by Gasteiger charge is 2.26. The van der Waals surface area contributed by atoms with Gasteiger partial charge in [0.25, 0.3) is 0 Å². The van der Waals surface area contributed by atoms with E-state index in [-0.39, 0.29) is 11.2 Å². The van der Waals surface area contributed by atoms with Crippen LogP contribution >= 0.6 is 35.0 Å². The molecule has 1 fully saturated rings. The van der Waals surface area contributed by atoms with E-state index < -0.39 is 0 Å². The zero-order valence-corrected chi connectivity index (χ0v) is 18.5. The minimum absolute atomic E-state index is 0.0958. The predicted octanol–water partition coefficient (Wildman–Crippen LogP) is 4.25. The first-order chi connectivity index (χ1) is 13.4. The van der Waals surface area contributed by atoms with Crippen LogP contribution in [0, 0.1) is 5.92 Å². The maximum atomic E-state index is 12.8. The van der Waals surface area contributed by atoms with Crippen LogP contribution in [-0.4, -0.2) is 57.1 Å². The number of hydrogen-bond donors (Lipinski definition) is 0. The number of benzene rings is 1. The van der Waals surface area contributed by atoms with Crippen LogP contribution in [-0.2, 0) is 16.1 Å². The van der Waals surface area contributed by atoms with Crippen LogP contribution in [0.15, 0.2) is 23.4 Å². The summed E-state index contributed by atoms with van der Waals surface area (Å²) in [7, 11) is 0. The Kier molecular flexibility index (Phi) is 7.25. The van der Waals surface area contributed by atoms with E-state index >= 15 is 0 Å². The highest BCUT2D eigenvalue weighted by atomic mass is 35.5. The minimum Gasteiger partial charge on any atom is -0.378 e. The van der Waals surface area contributed by atoms with Crippen LogP contribution in [0.4, 0.5) is 0 Å². The molecule has 2 aromatic rings. The summed E-state index contributed by atoms with van der Waals surface area (Å²) in [6, 6.07) is 5.33. The first kappa shape index (κ1) is 21.4.